The predicted octanol–water partition coefficient (Wildman–Crippen LogP) is 4.22. The predicted molar refractivity (Wildman–Crippen MR) is 123 cm³/mol. The zero-order valence-corrected chi connectivity index (χ0v) is 18.8. The second-order valence-corrected chi connectivity index (χ2v) is 9.36. The number of unbranched alkanes of at least 4 members (excludes halogenated alkanes) is 2. The number of benzene rings is 1. The summed E-state index contributed by atoms with van der Waals surface area (Å²) < 4.78 is 5.18. The van der Waals surface area contributed by atoms with Gasteiger partial charge in [-0.25, -0.2) is 0 Å². The lowest BCUT2D eigenvalue weighted by Gasteiger charge is -2.19. The normalized spacial score (nSPS) is 26.9. The maximum absolute atomic E-state index is 10.6. The molecule has 0 bridgehead atoms. The van der Waals surface area contributed by atoms with Crippen LogP contribution in [0.3, 0.4) is 0 Å². The van der Waals surface area contributed by atoms with E-state index in [1.807, 2.05) is 30.3 Å². The molecule has 2 aliphatic carbocycles. The Balaban J connectivity index is 1.46. The van der Waals surface area contributed by atoms with E-state index in [0.29, 0.717) is 18.3 Å². The van der Waals surface area contributed by atoms with Crippen LogP contribution in [0.5, 0.6) is 5.75 Å². The molecule has 1 saturated carbocycles. The first-order valence-corrected chi connectivity index (χ1v) is 11.5. The quantitative estimate of drug-likeness (QED) is 0.421. The van der Waals surface area contributed by atoms with Gasteiger partial charge in [0.1, 0.15) is 5.75 Å². The molecule has 0 spiro atoms. The van der Waals surface area contributed by atoms with Crippen LogP contribution in [-0.2, 0) is 6.42 Å². The lowest BCUT2D eigenvalue weighted by molar-refractivity contribution is 0.140. The van der Waals surface area contributed by atoms with Crippen LogP contribution >= 0.6 is 0 Å². The van der Waals surface area contributed by atoms with Crippen molar-refractivity contribution >= 4 is 0 Å². The van der Waals surface area contributed by atoms with E-state index >= 15 is 0 Å². The molecule has 30 heavy (non-hydrogen) atoms. The van der Waals surface area contributed by atoms with Gasteiger partial charge in [0, 0.05) is 12.3 Å². The Hall–Kier alpha value is -1.62. The van der Waals surface area contributed by atoms with E-state index < -0.39 is 6.10 Å². The number of fused-ring (bicyclic) bond motifs is 1. The van der Waals surface area contributed by atoms with Crippen molar-refractivity contribution in [3.8, 4) is 5.75 Å². The van der Waals surface area contributed by atoms with Crippen molar-refractivity contribution in [1.29, 1.82) is 0 Å². The van der Waals surface area contributed by atoms with E-state index in [0.717, 1.165) is 24.2 Å². The first-order valence-electron chi connectivity index (χ1n) is 11.5. The van der Waals surface area contributed by atoms with Crippen LogP contribution in [0.4, 0.5) is 0 Å². The van der Waals surface area contributed by atoms with Gasteiger partial charge in [-0.15, -0.1) is 0 Å². The summed E-state index contributed by atoms with van der Waals surface area (Å²) in [5.74, 6) is 1.99. The van der Waals surface area contributed by atoms with Gasteiger partial charge in [-0.2, -0.15) is 0 Å². The van der Waals surface area contributed by atoms with Crippen molar-refractivity contribution in [3.05, 3.63) is 53.6 Å². The molecule has 1 aromatic carbocycles. The topological polar surface area (TPSA) is 52.9 Å². The van der Waals surface area contributed by atoms with Gasteiger partial charge in [-0.3, -0.25) is 0 Å². The zero-order valence-electron chi connectivity index (χ0n) is 18.8. The molecule has 166 valence electrons. The molecule has 2 N–H and O–H groups in total. The first-order chi connectivity index (χ1) is 14.5. The number of ether oxygens (including phenoxy) is 1. The monoisotopic (exact) mass is 413 g/mol. The van der Waals surface area contributed by atoms with Gasteiger partial charge in [0.25, 0.3) is 0 Å². The molecular formula is C26H39NO3. The van der Waals surface area contributed by atoms with Crippen molar-refractivity contribution in [3.63, 3.8) is 0 Å². The SMILES string of the molecule is COc1ccc(C[C@H](O)/C=C/[C@@H]2[C@H]3CC(CCCCCN(C)C)=C[C@H]3C[C@H]2O)cc1. The number of nitrogens with zero attached hydrogens (tertiary/aromatic N) is 1. The Morgan fingerprint density at radius 3 is 2.63 bits per heavy atom. The number of hydrogen-bond acceptors (Lipinski definition) is 4. The van der Waals surface area contributed by atoms with Crippen molar-refractivity contribution in [2.24, 2.45) is 17.8 Å². The van der Waals surface area contributed by atoms with Crippen LogP contribution in [0.2, 0.25) is 0 Å². The van der Waals surface area contributed by atoms with Crippen LogP contribution in [0.15, 0.2) is 48.1 Å². The Bertz CT molecular complexity index is 709. The van der Waals surface area contributed by atoms with E-state index in [1.165, 1.54) is 32.2 Å². The summed E-state index contributed by atoms with van der Waals surface area (Å²) in [7, 11) is 5.92. The summed E-state index contributed by atoms with van der Waals surface area (Å²) in [6.07, 6.45) is 13.2. The second kappa shape index (κ2) is 11.1. The molecule has 5 atom stereocenters. The fourth-order valence-corrected chi connectivity index (χ4v) is 5.08. The van der Waals surface area contributed by atoms with Gasteiger partial charge < -0.3 is 19.8 Å². The van der Waals surface area contributed by atoms with Crippen molar-refractivity contribution in [2.75, 3.05) is 27.7 Å². The van der Waals surface area contributed by atoms with Crippen LogP contribution in [0.1, 0.15) is 44.1 Å². The fraction of sp³-hybridized carbons (Fsp3) is 0.615. The summed E-state index contributed by atoms with van der Waals surface area (Å²) in [5, 5.41) is 21.0. The number of allylic oxidation sites excluding steroid dienone is 2. The van der Waals surface area contributed by atoms with Crippen molar-refractivity contribution in [1.82, 2.24) is 4.90 Å². The highest BCUT2D eigenvalue weighted by Gasteiger charge is 2.43. The molecule has 0 amide bonds. The highest BCUT2D eigenvalue weighted by atomic mass is 16.5. The minimum atomic E-state index is -0.532. The van der Waals surface area contributed by atoms with Gasteiger partial charge in [0.2, 0.25) is 0 Å². The number of aliphatic hydroxyl groups excluding tert-OH is 2. The Morgan fingerprint density at radius 1 is 1.17 bits per heavy atom. The maximum Gasteiger partial charge on any atom is 0.118 e. The molecule has 0 radical (unpaired) electrons. The van der Waals surface area contributed by atoms with E-state index in [1.54, 1.807) is 12.7 Å². The molecule has 1 fully saturated rings. The molecule has 0 unspecified atom stereocenters. The van der Waals surface area contributed by atoms with Crippen LogP contribution < -0.4 is 4.74 Å². The smallest absolute Gasteiger partial charge is 0.118 e. The number of rotatable bonds is 11. The van der Waals surface area contributed by atoms with Gasteiger partial charge in [0.15, 0.2) is 0 Å². The van der Waals surface area contributed by atoms with Crippen LogP contribution in [0.25, 0.3) is 0 Å². The summed E-state index contributed by atoms with van der Waals surface area (Å²) in [6.45, 7) is 1.17. The van der Waals surface area contributed by atoms with Crippen molar-refractivity contribution < 1.29 is 14.9 Å². The molecule has 0 aromatic heterocycles. The van der Waals surface area contributed by atoms with E-state index in [4.69, 9.17) is 4.74 Å². The molecule has 3 rings (SSSR count). The molecule has 4 nitrogen and oxygen atoms in total. The third-order valence-electron chi connectivity index (χ3n) is 6.71. The van der Waals surface area contributed by atoms with Gasteiger partial charge in [-0.1, -0.05) is 42.4 Å². The minimum Gasteiger partial charge on any atom is -0.497 e. The average Bonchev–Trinajstić information content (AvgIpc) is 3.23. The summed E-state index contributed by atoms with van der Waals surface area (Å²) in [5.41, 5.74) is 2.66. The first kappa shape index (κ1) is 23.1. The molecule has 4 heteroatoms. The molecule has 0 heterocycles. The number of methoxy groups -OCH3 is 1. The van der Waals surface area contributed by atoms with E-state index in [-0.39, 0.29) is 12.0 Å². The van der Waals surface area contributed by atoms with Gasteiger partial charge in [0.05, 0.1) is 19.3 Å². The molecule has 0 saturated heterocycles. The Kier molecular flexibility index (Phi) is 8.55. The Morgan fingerprint density at radius 2 is 1.93 bits per heavy atom. The maximum atomic E-state index is 10.6. The third kappa shape index (κ3) is 6.44. The minimum absolute atomic E-state index is 0.156. The highest BCUT2D eigenvalue weighted by Crippen LogP contribution is 2.48. The van der Waals surface area contributed by atoms with Crippen molar-refractivity contribution in [2.45, 2.75) is 57.2 Å². The summed E-state index contributed by atoms with van der Waals surface area (Å²) in [4.78, 5) is 2.25. The molecule has 1 aromatic rings. The average molecular weight is 414 g/mol. The lowest BCUT2D eigenvalue weighted by Crippen LogP contribution is -2.18. The highest BCUT2D eigenvalue weighted by molar-refractivity contribution is 5.28. The lowest BCUT2D eigenvalue weighted by atomic mass is 9.88. The van der Waals surface area contributed by atoms with E-state index in [2.05, 4.69) is 31.1 Å². The molecule has 2 aliphatic rings. The number of hydrogen-bond donors (Lipinski definition) is 2. The van der Waals surface area contributed by atoms with Gasteiger partial charge >= 0.3 is 0 Å². The summed E-state index contributed by atoms with van der Waals surface area (Å²) >= 11 is 0. The van der Waals surface area contributed by atoms with Gasteiger partial charge in [-0.05, 0) is 82.3 Å². The molecular weight excluding hydrogens is 374 g/mol. The fourth-order valence-electron chi connectivity index (χ4n) is 5.08. The largest absolute Gasteiger partial charge is 0.497 e. The van der Waals surface area contributed by atoms with Crippen LogP contribution in [0, 0.1) is 17.8 Å². The summed E-state index contributed by atoms with van der Waals surface area (Å²) in [6, 6.07) is 7.82. The second-order valence-electron chi connectivity index (χ2n) is 9.36. The Labute approximate surface area is 182 Å². The van der Waals surface area contributed by atoms with E-state index in [9.17, 15) is 10.2 Å². The molecule has 0 aliphatic heterocycles. The zero-order chi connectivity index (χ0) is 21.5. The van der Waals surface area contributed by atoms with Crippen LogP contribution in [-0.4, -0.2) is 55.1 Å². The third-order valence-corrected chi connectivity index (χ3v) is 6.71. The standard InChI is InChI=1S/C26H39NO3/c1-27(2)14-6-4-5-7-20-15-21-18-26(29)24(25(21)17-20)13-10-22(28)16-19-8-11-23(30-3)12-9-19/h8-13,15,21-22,24-26,28-29H,4-7,14,16-18H2,1-3H3/b13-10+/t21-,22+,24+,25-,26+/m0/s1. The number of aliphatic hydroxyl groups is 2.